The highest BCUT2D eigenvalue weighted by Gasteiger charge is 2.20. The van der Waals surface area contributed by atoms with Gasteiger partial charge in [-0.2, -0.15) is 16.9 Å². The van der Waals surface area contributed by atoms with Gasteiger partial charge in [0.15, 0.2) is 5.82 Å². The van der Waals surface area contributed by atoms with Crippen molar-refractivity contribution in [3.8, 4) is 0 Å². The smallest absolute Gasteiger partial charge is 0.222 e. The second-order valence-electron chi connectivity index (χ2n) is 6.06. The van der Waals surface area contributed by atoms with Crippen LogP contribution in [0.4, 0.5) is 0 Å². The highest BCUT2D eigenvalue weighted by atomic mass is 32.2. The number of aryl methyl sites for hydroxylation is 1. The van der Waals surface area contributed by atoms with E-state index in [0.29, 0.717) is 6.42 Å². The topological polar surface area (TPSA) is 51.0 Å². The lowest BCUT2D eigenvalue weighted by molar-refractivity contribution is -0.127. The second kappa shape index (κ2) is 8.33. The molecule has 0 bridgehead atoms. The van der Waals surface area contributed by atoms with Gasteiger partial charge in [0, 0.05) is 38.1 Å². The number of nitrogens with zero attached hydrogens (tertiary/aromatic N) is 4. The Hall–Kier alpha value is -1.82. The Morgan fingerprint density at radius 2 is 2.04 bits per heavy atom. The molecule has 6 heteroatoms. The summed E-state index contributed by atoms with van der Waals surface area (Å²) in [5.41, 5.74) is 1.22. The van der Waals surface area contributed by atoms with Crippen LogP contribution in [0.3, 0.4) is 0 Å². The number of likely N-dealkylation sites (tertiary alicyclic amines) is 1. The highest BCUT2D eigenvalue weighted by Crippen LogP contribution is 2.12. The van der Waals surface area contributed by atoms with Crippen LogP contribution in [-0.4, -0.2) is 50.7 Å². The molecular weight excluding hydrogens is 320 g/mol. The summed E-state index contributed by atoms with van der Waals surface area (Å²) in [4.78, 5) is 18.5. The fraction of sp³-hybridized carbons (Fsp3) is 0.500. The summed E-state index contributed by atoms with van der Waals surface area (Å²) in [6.07, 6.45) is 5.43. The summed E-state index contributed by atoms with van der Waals surface area (Å²) in [7, 11) is 0. The van der Waals surface area contributed by atoms with E-state index in [1.54, 1.807) is 0 Å². The number of carbonyl (C=O) groups is 1. The van der Waals surface area contributed by atoms with Crippen molar-refractivity contribution in [1.29, 1.82) is 0 Å². The summed E-state index contributed by atoms with van der Waals surface area (Å²) in [5, 5.41) is 4.70. The molecule has 0 atom stereocenters. The number of thioether (sulfide) groups is 1. The first kappa shape index (κ1) is 17.0. The van der Waals surface area contributed by atoms with Gasteiger partial charge >= 0.3 is 0 Å². The van der Waals surface area contributed by atoms with Gasteiger partial charge in [-0.15, -0.1) is 0 Å². The SMILES string of the molecule is CSCCc1nc(CCN2CCCC2=O)n(Cc2ccccc2)n1. The van der Waals surface area contributed by atoms with Crippen molar-refractivity contribution in [1.82, 2.24) is 19.7 Å². The zero-order valence-corrected chi connectivity index (χ0v) is 15.0. The molecule has 1 aliphatic heterocycles. The molecule has 1 fully saturated rings. The third-order valence-electron chi connectivity index (χ3n) is 4.27. The third kappa shape index (κ3) is 4.38. The molecule has 1 aromatic carbocycles. The van der Waals surface area contributed by atoms with E-state index in [-0.39, 0.29) is 5.91 Å². The fourth-order valence-corrected chi connectivity index (χ4v) is 3.36. The Morgan fingerprint density at radius 3 is 2.75 bits per heavy atom. The Balaban J connectivity index is 1.71. The van der Waals surface area contributed by atoms with Gasteiger partial charge in [-0.25, -0.2) is 9.67 Å². The monoisotopic (exact) mass is 344 g/mol. The maximum absolute atomic E-state index is 11.8. The van der Waals surface area contributed by atoms with Gasteiger partial charge in [-0.1, -0.05) is 30.3 Å². The molecule has 3 rings (SSSR count). The lowest BCUT2D eigenvalue weighted by Gasteiger charge is -2.15. The van der Waals surface area contributed by atoms with Crippen molar-refractivity contribution in [2.24, 2.45) is 0 Å². The quantitative estimate of drug-likeness (QED) is 0.738. The summed E-state index contributed by atoms with van der Waals surface area (Å²) in [6.45, 7) is 2.36. The number of benzene rings is 1. The molecule has 0 aliphatic carbocycles. The number of amides is 1. The van der Waals surface area contributed by atoms with E-state index in [1.165, 1.54) is 5.56 Å². The van der Waals surface area contributed by atoms with Gasteiger partial charge < -0.3 is 4.90 Å². The van der Waals surface area contributed by atoms with Crippen LogP contribution in [0.25, 0.3) is 0 Å². The number of hydrogen-bond donors (Lipinski definition) is 0. The standard InChI is InChI=1S/C18H24N4OS/c1-24-13-10-16-19-17(9-12-21-11-5-8-18(21)23)22(20-16)14-15-6-3-2-4-7-15/h2-4,6-7H,5,8-14H2,1H3. The molecule has 1 amide bonds. The first-order chi connectivity index (χ1) is 11.8. The van der Waals surface area contributed by atoms with Crippen molar-refractivity contribution >= 4 is 17.7 Å². The largest absolute Gasteiger partial charge is 0.342 e. The molecule has 0 saturated carbocycles. The van der Waals surface area contributed by atoms with E-state index >= 15 is 0 Å². The zero-order valence-electron chi connectivity index (χ0n) is 14.1. The van der Waals surface area contributed by atoms with Crippen molar-refractivity contribution in [3.63, 3.8) is 0 Å². The normalized spacial score (nSPS) is 14.5. The molecule has 1 aromatic heterocycles. The van der Waals surface area contributed by atoms with Gasteiger partial charge in [0.05, 0.1) is 6.54 Å². The van der Waals surface area contributed by atoms with Crippen LogP contribution in [0.15, 0.2) is 30.3 Å². The minimum absolute atomic E-state index is 0.270. The Bertz CT molecular complexity index is 671. The molecule has 2 heterocycles. The summed E-state index contributed by atoms with van der Waals surface area (Å²) in [6, 6.07) is 10.3. The van der Waals surface area contributed by atoms with Crippen LogP contribution in [-0.2, 0) is 24.2 Å². The number of aromatic nitrogens is 3. The van der Waals surface area contributed by atoms with Crippen LogP contribution in [0.1, 0.15) is 30.1 Å². The Labute approximate surface area is 147 Å². The van der Waals surface area contributed by atoms with E-state index in [0.717, 1.165) is 56.3 Å². The number of hydrogen-bond acceptors (Lipinski definition) is 4. The van der Waals surface area contributed by atoms with Gasteiger partial charge in [-0.3, -0.25) is 4.79 Å². The van der Waals surface area contributed by atoms with Crippen LogP contribution in [0.5, 0.6) is 0 Å². The maximum Gasteiger partial charge on any atom is 0.222 e. The van der Waals surface area contributed by atoms with Crippen molar-refractivity contribution < 1.29 is 4.79 Å². The third-order valence-corrected chi connectivity index (χ3v) is 4.89. The molecule has 24 heavy (non-hydrogen) atoms. The summed E-state index contributed by atoms with van der Waals surface area (Å²) >= 11 is 1.81. The molecular formula is C18H24N4OS. The Morgan fingerprint density at radius 1 is 1.21 bits per heavy atom. The predicted octanol–water partition coefficient (Wildman–Crippen LogP) is 2.40. The first-order valence-electron chi connectivity index (χ1n) is 8.49. The summed E-state index contributed by atoms with van der Waals surface area (Å²) in [5.74, 6) is 3.18. The van der Waals surface area contributed by atoms with Gasteiger partial charge in [0.25, 0.3) is 0 Å². The van der Waals surface area contributed by atoms with Crippen molar-refractivity contribution in [2.45, 2.75) is 32.2 Å². The molecule has 0 unspecified atom stereocenters. The minimum atomic E-state index is 0.270. The van der Waals surface area contributed by atoms with Crippen molar-refractivity contribution in [2.75, 3.05) is 25.1 Å². The van der Waals surface area contributed by atoms with E-state index < -0.39 is 0 Å². The average Bonchev–Trinajstić information content (AvgIpc) is 3.18. The van der Waals surface area contributed by atoms with Gasteiger partial charge in [-0.05, 0) is 18.2 Å². The molecule has 128 valence electrons. The van der Waals surface area contributed by atoms with Crippen molar-refractivity contribution in [3.05, 3.63) is 47.5 Å². The zero-order chi connectivity index (χ0) is 16.8. The minimum Gasteiger partial charge on any atom is -0.342 e. The molecule has 0 N–H and O–H groups in total. The average molecular weight is 344 g/mol. The number of carbonyl (C=O) groups excluding carboxylic acids is 1. The van der Waals surface area contributed by atoms with E-state index in [4.69, 9.17) is 10.1 Å². The van der Waals surface area contributed by atoms with Gasteiger partial charge in [0.1, 0.15) is 5.82 Å². The van der Waals surface area contributed by atoms with E-state index in [9.17, 15) is 4.79 Å². The molecule has 0 radical (unpaired) electrons. The Kier molecular flexibility index (Phi) is 5.91. The molecule has 1 saturated heterocycles. The van der Waals surface area contributed by atoms with Crippen LogP contribution >= 0.6 is 11.8 Å². The van der Waals surface area contributed by atoms with Crippen LogP contribution in [0, 0.1) is 0 Å². The molecule has 2 aromatic rings. The van der Waals surface area contributed by atoms with Crippen LogP contribution in [0.2, 0.25) is 0 Å². The van der Waals surface area contributed by atoms with E-state index in [2.05, 4.69) is 18.4 Å². The summed E-state index contributed by atoms with van der Waals surface area (Å²) < 4.78 is 2.01. The molecule has 5 nitrogen and oxygen atoms in total. The second-order valence-corrected chi connectivity index (χ2v) is 7.05. The fourth-order valence-electron chi connectivity index (χ4n) is 2.97. The first-order valence-corrected chi connectivity index (χ1v) is 9.89. The molecule has 0 spiro atoms. The molecule has 1 aliphatic rings. The van der Waals surface area contributed by atoms with Gasteiger partial charge in [0.2, 0.25) is 5.91 Å². The van der Waals surface area contributed by atoms with E-state index in [1.807, 2.05) is 39.5 Å². The highest BCUT2D eigenvalue weighted by molar-refractivity contribution is 7.98. The lowest BCUT2D eigenvalue weighted by Crippen LogP contribution is -2.27. The van der Waals surface area contributed by atoms with Crippen LogP contribution < -0.4 is 0 Å². The number of rotatable bonds is 8. The predicted molar refractivity (Wildman–Crippen MR) is 97.2 cm³/mol. The maximum atomic E-state index is 11.8. The lowest BCUT2D eigenvalue weighted by atomic mass is 10.2.